The topological polar surface area (TPSA) is 52.6 Å². The molecule has 0 atom stereocenters. The van der Waals surface area contributed by atoms with Crippen LogP contribution in [0.3, 0.4) is 0 Å². The van der Waals surface area contributed by atoms with Crippen molar-refractivity contribution in [3.05, 3.63) is 0 Å². The highest BCUT2D eigenvalue weighted by atomic mass is 35.5. The fourth-order valence-corrected chi connectivity index (χ4v) is 1.73. The Morgan fingerprint density at radius 3 is 1.91 bits per heavy atom. The number of hydrogen-bond acceptors (Lipinski definition) is 4. The SMILES string of the molecule is CCOP(=O)(OCC)C(=O)Cl. The van der Waals surface area contributed by atoms with Crippen molar-refractivity contribution in [2.75, 3.05) is 13.2 Å². The molecule has 0 radical (unpaired) electrons. The molecule has 0 aliphatic heterocycles. The molecule has 0 fully saturated rings. The summed E-state index contributed by atoms with van der Waals surface area (Å²) >= 11 is 4.99. The number of carbonyl (C=O) groups excluding carboxylic acids is 1. The van der Waals surface area contributed by atoms with E-state index in [0.29, 0.717) is 0 Å². The third kappa shape index (κ3) is 3.34. The van der Waals surface area contributed by atoms with E-state index in [9.17, 15) is 9.36 Å². The molecule has 0 spiro atoms. The second-order valence-electron chi connectivity index (χ2n) is 1.59. The predicted octanol–water partition coefficient (Wildman–Crippen LogP) is 2.61. The lowest BCUT2D eigenvalue weighted by atomic mass is 10.9. The van der Waals surface area contributed by atoms with Crippen LogP contribution in [0.1, 0.15) is 13.8 Å². The van der Waals surface area contributed by atoms with Crippen molar-refractivity contribution in [2.24, 2.45) is 0 Å². The van der Waals surface area contributed by atoms with Crippen LogP contribution >= 0.6 is 19.2 Å². The molecule has 0 unspecified atom stereocenters. The van der Waals surface area contributed by atoms with Crippen LogP contribution in [0.15, 0.2) is 0 Å². The van der Waals surface area contributed by atoms with Gasteiger partial charge in [-0.1, -0.05) is 0 Å². The molecular formula is C5H10ClO4P. The van der Waals surface area contributed by atoms with E-state index in [-0.39, 0.29) is 13.2 Å². The van der Waals surface area contributed by atoms with Crippen molar-refractivity contribution < 1.29 is 18.4 Å². The molecule has 0 saturated heterocycles. The second kappa shape index (κ2) is 4.88. The fraction of sp³-hybridized carbons (Fsp3) is 0.800. The van der Waals surface area contributed by atoms with Gasteiger partial charge in [0, 0.05) is 0 Å². The smallest absolute Gasteiger partial charge is 0.303 e. The summed E-state index contributed by atoms with van der Waals surface area (Å²) in [6, 6.07) is 0. The maximum atomic E-state index is 11.2. The summed E-state index contributed by atoms with van der Waals surface area (Å²) in [5.41, 5.74) is 0. The third-order valence-electron chi connectivity index (χ3n) is 0.813. The lowest BCUT2D eigenvalue weighted by Crippen LogP contribution is -1.99. The molecule has 6 heteroatoms. The molecular weight excluding hydrogens is 190 g/mol. The van der Waals surface area contributed by atoms with Crippen LogP contribution in [-0.4, -0.2) is 18.2 Å². The van der Waals surface area contributed by atoms with Crippen LogP contribution in [0.2, 0.25) is 0 Å². The zero-order valence-corrected chi connectivity index (χ0v) is 8.02. The Hall–Kier alpha value is 0.110. The Morgan fingerprint density at radius 2 is 1.73 bits per heavy atom. The van der Waals surface area contributed by atoms with Crippen LogP contribution in [0, 0.1) is 0 Å². The van der Waals surface area contributed by atoms with Gasteiger partial charge in [-0.2, -0.15) is 0 Å². The minimum Gasteiger partial charge on any atom is -0.303 e. The molecule has 11 heavy (non-hydrogen) atoms. The maximum Gasteiger partial charge on any atom is 0.413 e. The largest absolute Gasteiger partial charge is 0.413 e. The first kappa shape index (κ1) is 11.1. The summed E-state index contributed by atoms with van der Waals surface area (Å²) < 4.78 is 20.4. The molecule has 0 bridgehead atoms. The first-order valence-corrected chi connectivity index (χ1v) is 5.08. The molecule has 66 valence electrons. The number of carbonyl (C=O) groups is 1. The van der Waals surface area contributed by atoms with Crippen LogP contribution in [0.25, 0.3) is 0 Å². The standard InChI is InChI=1S/C5H10ClO4P/c1-3-9-11(8,5(6)7)10-4-2/h3-4H2,1-2H3. The lowest BCUT2D eigenvalue weighted by molar-refractivity contribution is 0.215. The molecule has 0 aromatic heterocycles. The molecule has 0 aliphatic carbocycles. The van der Waals surface area contributed by atoms with Crippen molar-refractivity contribution in [1.82, 2.24) is 0 Å². The third-order valence-corrected chi connectivity index (χ3v) is 3.06. The summed E-state index contributed by atoms with van der Waals surface area (Å²) in [5, 5.41) is 0. The van der Waals surface area contributed by atoms with E-state index in [1.54, 1.807) is 13.8 Å². The Morgan fingerprint density at radius 1 is 1.36 bits per heavy atom. The molecule has 0 aliphatic rings. The van der Waals surface area contributed by atoms with E-state index in [1.807, 2.05) is 0 Å². The summed E-state index contributed by atoms with van der Waals surface area (Å²) in [7, 11) is -3.66. The van der Waals surface area contributed by atoms with Crippen molar-refractivity contribution in [3.63, 3.8) is 0 Å². The van der Waals surface area contributed by atoms with Crippen molar-refractivity contribution in [3.8, 4) is 0 Å². The Bertz CT molecular complexity index is 171. The minimum atomic E-state index is -3.66. The van der Waals surface area contributed by atoms with Crippen LogP contribution in [0.5, 0.6) is 0 Å². The zero-order chi connectivity index (χ0) is 8.91. The van der Waals surface area contributed by atoms with Gasteiger partial charge in [0.15, 0.2) is 0 Å². The van der Waals surface area contributed by atoms with Crippen molar-refractivity contribution in [2.45, 2.75) is 13.8 Å². The van der Waals surface area contributed by atoms with Gasteiger partial charge < -0.3 is 9.05 Å². The molecule has 0 saturated carbocycles. The summed E-state index contributed by atoms with van der Waals surface area (Å²) in [6.07, 6.45) is 0. The Labute approximate surface area is 70.4 Å². The van der Waals surface area contributed by atoms with Crippen LogP contribution in [-0.2, 0) is 13.6 Å². The molecule has 4 nitrogen and oxygen atoms in total. The quantitative estimate of drug-likeness (QED) is 0.506. The first-order valence-electron chi connectivity index (χ1n) is 3.16. The predicted molar refractivity (Wildman–Crippen MR) is 42.1 cm³/mol. The second-order valence-corrected chi connectivity index (χ2v) is 4.11. The molecule has 0 aromatic rings. The number of rotatable bonds is 5. The molecule has 0 N–H and O–H groups in total. The first-order chi connectivity index (χ1) is 5.06. The number of hydrogen-bond donors (Lipinski definition) is 0. The average molecular weight is 201 g/mol. The van der Waals surface area contributed by atoms with Gasteiger partial charge in [0.25, 0.3) is 0 Å². The van der Waals surface area contributed by atoms with Crippen LogP contribution < -0.4 is 0 Å². The Kier molecular flexibility index (Phi) is 4.93. The normalized spacial score (nSPS) is 11.5. The summed E-state index contributed by atoms with van der Waals surface area (Å²) in [6.45, 7) is 3.47. The van der Waals surface area contributed by atoms with Gasteiger partial charge in [-0.05, 0) is 25.4 Å². The van der Waals surface area contributed by atoms with Crippen molar-refractivity contribution in [1.29, 1.82) is 0 Å². The summed E-state index contributed by atoms with van der Waals surface area (Å²) in [5.74, 6) is 0. The van der Waals surface area contributed by atoms with Gasteiger partial charge in [0.05, 0.1) is 13.2 Å². The molecule has 0 rings (SSSR count). The van der Waals surface area contributed by atoms with Crippen LogP contribution in [0.4, 0.5) is 4.79 Å². The lowest BCUT2D eigenvalue weighted by Gasteiger charge is -2.11. The molecule has 0 aromatic carbocycles. The zero-order valence-electron chi connectivity index (χ0n) is 6.37. The van der Waals surface area contributed by atoms with Gasteiger partial charge in [0.1, 0.15) is 0 Å². The van der Waals surface area contributed by atoms with Gasteiger partial charge in [-0.25, -0.2) is 4.57 Å². The average Bonchev–Trinajstić information content (AvgIpc) is 1.88. The fourth-order valence-electron chi connectivity index (χ4n) is 0.479. The highest BCUT2D eigenvalue weighted by molar-refractivity contribution is 7.76. The van der Waals surface area contributed by atoms with Gasteiger partial charge in [0.2, 0.25) is 0 Å². The van der Waals surface area contributed by atoms with E-state index in [4.69, 9.17) is 11.6 Å². The Balaban J connectivity index is 4.27. The van der Waals surface area contributed by atoms with E-state index < -0.39 is 12.6 Å². The maximum absolute atomic E-state index is 11.2. The molecule has 0 amide bonds. The number of halogens is 1. The van der Waals surface area contributed by atoms with E-state index >= 15 is 0 Å². The van der Waals surface area contributed by atoms with E-state index in [0.717, 1.165) is 0 Å². The molecule has 0 heterocycles. The van der Waals surface area contributed by atoms with Crippen molar-refractivity contribution >= 4 is 24.2 Å². The van der Waals surface area contributed by atoms with E-state index in [2.05, 4.69) is 9.05 Å². The van der Waals surface area contributed by atoms with Gasteiger partial charge >= 0.3 is 12.6 Å². The summed E-state index contributed by atoms with van der Waals surface area (Å²) in [4.78, 5) is 9.43. The highest BCUT2D eigenvalue weighted by Crippen LogP contribution is 2.50. The van der Waals surface area contributed by atoms with Gasteiger partial charge in [-0.15, -0.1) is 0 Å². The monoisotopic (exact) mass is 200 g/mol. The van der Waals surface area contributed by atoms with Gasteiger partial charge in [-0.3, -0.25) is 4.79 Å². The highest BCUT2D eigenvalue weighted by Gasteiger charge is 2.32. The van der Waals surface area contributed by atoms with E-state index in [1.165, 1.54) is 0 Å². The minimum absolute atomic E-state index is 0.135.